The van der Waals surface area contributed by atoms with Gasteiger partial charge in [0.05, 0.1) is 18.1 Å². The number of rotatable bonds is 8. The third kappa shape index (κ3) is 5.03. The van der Waals surface area contributed by atoms with Gasteiger partial charge in [-0.15, -0.1) is 0 Å². The van der Waals surface area contributed by atoms with Gasteiger partial charge in [-0.2, -0.15) is 23.3 Å². The van der Waals surface area contributed by atoms with E-state index in [-0.39, 0.29) is 41.4 Å². The van der Waals surface area contributed by atoms with Crippen molar-refractivity contribution < 1.29 is 27.4 Å². The zero-order valence-electron chi connectivity index (χ0n) is 18.6. The van der Waals surface area contributed by atoms with E-state index in [9.17, 15) is 18.0 Å². The second-order valence-electron chi connectivity index (χ2n) is 7.72. The van der Waals surface area contributed by atoms with Crippen LogP contribution in [0.5, 0.6) is 11.6 Å². The number of methoxy groups -OCH3 is 1. The summed E-state index contributed by atoms with van der Waals surface area (Å²) in [5.41, 5.74) is 0.742. The van der Waals surface area contributed by atoms with Crippen molar-refractivity contribution in [1.82, 2.24) is 14.8 Å². The van der Waals surface area contributed by atoms with Crippen LogP contribution in [0.1, 0.15) is 17.5 Å². The predicted octanol–water partition coefficient (Wildman–Crippen LogP) is 5.24. The molecule has 2 aromatic carbocycles. The monoisotopic (exact) mass is 469 g/mol. The lowest BCUT2D eigenvalue weighted by Gasteiger charge is -2.12. The third-order valence-electron chi connectivity index (χ3n) is 5.33. The molecule has 0 saturated heterocycles. The van der Waals surface area contributed by atoms with Crippen molar-refractivity contribution in [3.63, 3.8) is 0 Å². The summed E-state index contributed by atoms with van der Waals surface area (Å²) in [5, 5.41) is 4.16. The number of aromatic nitrogens is 3. The second-order valence-corrected chi connectivity index (χ2v) is 7.72. The fourth-order valence-electron chi connectivity index (χ4n) is 3.66. The minimum absolute atomic E-state index is 0.0208. The number of ether oxygens (including phenoxy) is 2. The summed E-state index contributed by atoms with van der Waals surface area (Å²) < 4.78 is 53.8. The molecule has 176 valence electrons. The number of carbonyl (C=O) groups excluding carboxylic acids is 1. The Morgan fingerprint density at radius 3 is 2.53 bits per heavy atom. The molecule has 0 unspecified atom stereocenters. The predicted molar refractivity (Wildman–Crippen MR) is 121 cm³/mol. The number of fused-ring (bicyclic) bond motifs is 1. The van der Waals surface area contributed by atoms with E-state index in [2.05, 4.69) is 10.1 Å². The van der Waals surface area contributed by atoms with Gasteiger partial charge in [-0.3, -0.25) is 4.79 Å². The molecule has 0 fully saturated rings. The molecule has 9 heteroatoms. The number of benzene rings is 2. The Balaban J connectivity index is 1.56. The SMILES string of the molecule is COc1cccc(CCC(=O)COc2cc(C(F)(F)F)c3c(-c4ccccc4)nn(C)c3n2)c1. The molecule has 0 aliphatic carbocycles. The van der Waals surface area contributed by atoms with Crippen LogP contribution in [0.4, 0.5) is 13.2 Å². The number of carbonyl (C=O) groups is 1. The van der Waals surface area contributed by atoms with E-state index >= 15 is 0 Å². The van der Waals surface area contributed by atoms with Gasteiger partial charge in [0.1, 0.15) is 18.1 Å². The fraction of sp³-hybridized carbons (Fsp3) is 0.240. The summed E-state index contributed by atoms with van der Waals surface area (Å²) in [6.45, 7) is -0.386. The number of Topliss-reactive ketones (excluding diaryl/α,β-unsaturated/α-hetero) is 1. The Kier molecular flexibility index (Phi) is 6.54. The first kappa shape index (κ1) is 23.3. The molecular formula is C25H22F3N3O3. The zero-order chi connectivity index (χ0) is 24.3. The topological polar surface area (TPSA) is 66.2 Å². The molecule has 0 amide bonds. The van der Waals surface area contributed by atoms with Gasteiger partial charge in [0, 0.05) is 25.1 Å². The maximum absolute atomic E-state index is 14.0. The number of nitrogens with zero attached hydrogens (tertiary/aromatic N) is 3. The van der Waals surface area contributed by atoms with E-state index in [4.69, 9.17) is 9.47 Å². The van der Waals surface area contributed by atoms with Crippen molar-refractivity contribution in [2.45, 2.75) is 19.0 Å². The smallest absolute Gasteiger partial charge is 0.417 e. The number of halogens is 3. The van der Waals surface area contributed by atoms with Gasteiger partial charge in [-0.05, 0) is 24.1 Å². The van der Waals surface area contributed by atoms with Crippen molar-refractivity contribution >= 4 is 16.8 Å². The Hall–Kier alpha value is -3.88. The number of hydrogen-bond acceptors (Lipinski definition) is 5. The molecule has 2 heterocycles. The number of pyridine rings is 1. The molecule has 4 aromatic rings. The molecule has 0 bridgehead atoms. The van der Waals surface area contributed by atoms with Gasteiger partial charge < -0.3 is 9.47 Å². The van der Waals surface area contributed by atoms with E-state index in [0.717, 1.165) is 11.6 Å². The number of aryl methyl sites for hydroxylation is 2. The van der Waals surface area contributed by atoms with Crippen LogP contribution in [0.15, 0.2) is 60.7 Å². The highest BCUT2D eigenvalue weighted by molar-refractivity contribution is 5.94. The number of ketones is 1. The molecule has 0 spiro atoms. The van der Waals surface area contributed by atoms with Gasteiger partial charge in [0.2, 0.25) is 5.88 Å². The lowest BCUT2D eigenvalue weighted by Crippen LogP contribution is -2.14. The van der Waals surface area contributed by atoms with Crippen molar-refractivity contribution in [1.29, 1.82) is 0 Å². The standard InChI is InChI=1S/C25H22F3N3O3/c1-31-24-22(23(30-31)17-8-4-3-5-9-17)20(25(26,27)28)14-21(29-24)34-15-18(32)12-11-16-7-6-10-19(13-16)33-2/h3-10,13-14H,11-12,15H2,1-2H3. The summed E-state index contributed by atoms with van der Waals surface area (Å²) in [7, 11) is 3.08. The number of hydrogen-bond donors (Lipinski definition) is 0. The highest BCUT2D eigenvalue weighted by Gasteiger charge is 2.36. The third-order valence-corrected chi connectivity index (χ3v) is 5.33. The first-order chi connectivity index (χ1) is 16.3. The van der Waals surface area contributed by atoms with Crippen molar-refractivity contribution in [3.05, 3.63) is 71.8 Å². The Labute approximate surface area is 193 Å². The van der Waals surface area contributed by atoms with Gasteiger partial charge in [-0.1, -0.05) is 42.5 Å². The first-order valence-corrected chi connectivity index (χ1v) is 10.5. The van der Waals surface area contributed by atoms with Crippen LogP contribution in [0.25, 0.3) is 22.3 Å². The van der Waals surface area contributed by atoms with Crippen molar-refractivity contribution in [3.8, 4) is 22.9 Å². The Bertz CT molecular complexity index is 1320. The average Bonchev–Trinajstić information content (AvgIpc) is 3.17. The molecule has 2 aromatic heterocycles. The molecule has 0 saturated carbocycles. The second kappa shape index (κ2) is 9.54. The van der Waals surface area contributed by atoms with Gasteiger partial charge in [0.25, 0.3) is 0 Å². The van der Waals surface area contributed by atoms with Crippen LogP contribution in [0, 0.1) is 0 Å². The summed E-state index contributed by atoms with van der Waals surface area (Å²) in [4.78, 5) is 16.5. The van der Waals surface area contributed by atoms with Crippen molar-refractivity contribution in [2.75, 3.05) is 13.7 Å². The van der Waals surface area contributed by atoms with Gasteiger partial charge >= 0.3 is 6.18 Å². The molecule has 0 aliphatic rings. The summed E-state index contributed by atoms with van der Waals surface area (Å²) >= 11 is 0. The van der Waals surface area contributed by atoms with Crippen LogP contribution in [0.2, 0.25) is 0 Å². The van der Waals surface area contributed by atoms with E-state index in [1.165, 1.54) is 11.7 Å². The van der Waals surface area contributed by atoms with E-state index in [1.54, 1.807) is 43.5 Å². The molecule has 0 aliphatic heterocycles. The molecule has 6 nitrogen and oxygen atoms in total. The Morgan fingerprint density at radius 2 is 1.82 bits per heavy atom. The molecule has 0 atom stereocenters. The summed E-state index contributed by atoms with van der Waals surface area (Å²) in [5.74, 6) is 0.148. The van der Waals surface area contributed by atoms with E-state index in [1.807, 2.05) is 18.2 Å². The zero-order valence-corrected chi connectivity index (χ0v) is 18.6. The minimum atomic E-state index is -4.66. The first-order valence-electron chi connectivity index (χ1n) is 10.5. The van der Waals surface area contributed by atoms with Gasteiger partial charge in [0.15, 0.2) is 11.4 Å². The lowest BCUT2D eigenvalue weighted by molar-refractivity contribution is -0.136. The van der Waals surface area contributed by atoms with Crippen molar-refractivity contribution in [2.24, 2.45) is 7.05 Å². The minimum Gasteiger partial charge on any atom is -0.497 e. The number of alkyl halides is 3. The molecule has 0 N–H and O–H groups in total. The molecule has 4 rings (SSSR count). The average molecular weight is 469 g/mol. The summed E-state index contributed by atoms with van der Waals surface area (Å²) in [6.07, 6.45) is -4.03. The maximum Gasteiger partial charge on any atom is 0.417 e. The van der Waals surface area contributed by atoms with Crippen LogP contribution in [-0.2, 0) is 24.4 Å². The van der Waals surface area contributed by atoms with Crippen LogP contribution in [0.3, 0.4) is 0 Å². The fourth-order valence-corrected chi connectivity index (χ4v) is 3.66. The van der Waals surface area contributed by atoms with Gasteiger partial charge in [-0.25, -0.2) is 4.68 Å². The largest absolute Gasteiger partial charge is 0.497 e. The summed E-state index contributed by atoms with van der Waals surface area (Å²) in [6, 6.07) is 16.7. The maximum atomic E-state index is 14.0. The normalized spacial score (nSPS) is 11.6. The van der Waals surface area contributed by atoms with Crippen LogP contribution >= 0.6 is 0 Å². The van der Waals surface area contributed by atoms with E-state index < -0.39 is 11.7 Å². The lowest BCUT2D eigenvalue weighted by atomic mass is 10.0. The van der Waals surface area contributed by atoms with Crippen LogP contribution in [-0.4, -0.2) is 34.3 Å². The Morgan fingerprint density at radius 1 is 1.06 bits per heavy atom. The molecular weight excluding hydrogens is 447 g/mol. The van der Waals surface area contributed by atoms with E-state index in [0.29, 0.717) is 17.7 Å². The highest BCUT2D eigenvalue weighted by Crippen LogP contribution is 2.40. The molecule has 0 radical (unpaired) electrons. The molecule has 34 heavy (non-hydrogen) atoms. The highest BCUT2D eigenvalue weighted by atomic mass is 19.4. The van der Waals surface area contributed by atoms with Crippen LogP contribution < -0.4 is 9.47 Å². The quantitative estimate of drug-likeness (QED) is 0.353.